The molecule has 8 heteroatoms. The van der Waals surface area contributed by atoms with Crippen LogP contribution in [0.25, 0.3) is 10.2 Å². The number of nitrogens with zero attached hydrogens (tertiary/aromatic N) is 2. The first-order chi connectivity index (χ1) is 10.5. The summed E-state index contributed by atoms with van der Waals surface area (Å²) >= 11 is 1.16. The molecular formula is C14H12F3N3OS. The Morgan fingerprint density at radius 1 is 1.41 bits per heavy atom. The fourth-order valence-electron chi connectivity index (χ4n) is 3.05. The van der Waals surface area contributed by atoms with Crippen LogP contribution in [0.15, 0.2) is 18.2 Å². The molecule has 1 aliphatic heterocycles. The molecule has 1 N–H and O–H groups in total. The minimum absolute atomic E-state index is 0.0583. The Balaban J connectivity index is 1.48. The number of nitrogens with one attached hydrogen (secondary N) is 1. The van der Waals surface area contributed by atoms with Gasteiger partial charge in [-0.05, 0) is 18.6 Å². The predicted octanol–water partition coefficient (Wildman–Crippen LogP) is 3.55. The number of urea groups is 1. The number of carbonyl (C=O) groups excluding carboxylic acids is 1. The Morgan fingerprint density at radius 2 is 2.23 bits per heavy atom. The maximum absolute atomic E-state index is 13.6. The number of benzene rings is 1. The predicted molar refractivity (Wildman–Crippen MR) is 76.7 cm³/mol. The number of rotatable bonds is 1. The summed E-state index contributed by atoms with van der Waals surface area (Å²) in [5.74, 6) is -4.38. The van der Waals surface area contributed by atoms with Crippen molar-refractivity contribution in [2.75, 3.05) is 18.4 Å². The minimum Gasteiger partial charge on any atom is -0.324 e. The SMILES string of the molecule is O=C(Nc1nc2c(F)cccc2s1)N1CCC2C(C1)C2(F)F. The van der Waals surface area contributed by atoms with Gasteiger partial charge in [-0.1, -0.05) is 17.4 Å². The van der Waals surface area contributed by atoms with E-state index >= 15 is 0 Å². The van der Waals surface area contributed by atoms with Gasteiger partial charge in [0.05, 0.1) is 4.70 Å². The van der Waals surface area contributed by atoms with Crippen LogP contribution in [0.4, 0.5) is 23.1 Å². The zero-order valence-electron chi connectivity index (χ0n) is 11.4. The van der Waals surface area contributed by atoms with E-state index in [1.54, 1.807) is 12.1 Å². The van der Waals surface area contributed by atoms with Gasteiger partial charge in [-0.25, -0.2) is 22.9 Å². The molecule has 2 amide bonds. The number of carbonyl (C=O) groups is 1. The first-order valence-corrected chi connectivity index (χ1v) is 7.77. The summed E-state index contributed by atoms with van der Waals surface area (Å²) in [4.78, 5) is 17.6. The van der Waals surface area contributed by atoms with Crippen molar-refractivity contribution in [2.24, 2.45) is 11.8 Å². The summed E-state index contributed by atoms with van der Waals surface area (Å²) in [6, 6.07) is 4.12. The summed E-state index contributed by atoms with van der Waals surface area (Å²) in [6.45, 7) is 0.366. The topological polar surface area (TPSA) is 45.2 Å². The molecule has 2 aliphatic rings. The molecule has 1 aromatic carbocycles. The average Bonchev–Trinajstić information content (AvgIpc) is 2.83. The Morgan fingerprint density at radius 3 is 2.95 bits per heavy atom. The molecule has 2 heterocycles. The molecule has 0 radical (unpaired) electrons. The molecule has 0 bridgehead atoms. The van der Waals surface area contributed by atoms with Crippen LogP contribution in [-0.4, -0.2) is 34.9 Å². The first-order valence-electron chi connectivity index (χ1n) is 6.95. The fourth-order valence-corrected chi connectivity index (χ4v) is 3.92. The van der Waals surface area contributed by atoms with Gasteiger partial charge >= 0.3 is 6.03 Å². The second-order valence-corrected chi connectivity index (χ2v) is 6.69. The lowest BCUT2D eigenvalue weighted by molar-refractivity contribution is 0.0855. The van der Waals surface area contributed by atoms with E-state index in [1.807, 2.05) is 0 Å². The highest BCUT2D eigenvalue weighted by atomic mass is 32.1. The second kappa shape index (κ2) is 4.58. The number of likely N-dealkylation sites (tertiary alicyclic amines) is 1. The highest BCUT2D eigenvalue weighted by Crippen LogP contribution is 2.59. The number of halogens is 3. The molecule has 1 saturated heterocycles. The van der Waals surface area contributed by atoms with Crippen molar-refractivity contribution in [2.45, 2.75) is 12.3 Å². The van der Waals surface area contributed by atoms with Crippen LogP contribution in [0, 0.1) is 17.7 Å². The summed E-state index contributed by atoms with van der Waals surface area (Å²) in [5, 5.41) is 2.85. The maximum Gasteiger partial charge on any atom is 0.323 e. The maximum atomic E-state index is 13.6. The number of para-hydroxylation sites is 1. The van der Waals surface area contributed by atoms with Crippen LogP contribution in [0.5, 0.6) is 0 Å². The molecule has 1 aliphatic carbocycles. The molecule has 22 heavy (non-hydrogen) atoms. The summed E-state index contributed by atoms with van der Waals surface area (Å²) in [6.07, 6.45) is 0.319. The third-order valence-electron chi connectivity index (χ3n) is 4.36. The van der Waals surface area contributed by atoms with Crippen molar-refractivity contribution < 1.29 is 18.0 Å². The normalized spacial score (nSPS) is 25.9. The second-order valence-electron chi connectivity index (χ2n) is 5.66. The average molecular weight is 327 g/mol. The quantitative estimate of drug-likeness (QED) is 0.870. The number of aromatic nitrogens is 1. The zero-order chi connectivity index (χ0) is 15.5. The van der Waals surface area contributed by atoms with E-state index in [1.165, 1.54) is 11.0 Å². The number of fused-ring (bicyclic) bond motifs is 2. The Labute approximate surface area is 127 Å². The molecule has 2 aromatic rings. The van der Waals surface area contributed by atoms with Gasteiger partial charge in [-0.2, -0.15) is 0 Å². The number of hydrogen-bond acceptors (Lipinski definition) is 3. The third kappa shape index (κ3) is 2.05. The van der Waals surface area contributed by atoms with E-state index in [0.717, 1.165) is 11.3 Å². The smallest absolute Gasteiger partial charge is 0.323 e. The van der Waals surface area contributed by atoms with Gasteiger partial charge in [-0.15, -0.1) is 0 Å². The monoisotopic (exact) mass is 327 g/mol. The number of alkyl halides is 2. The highest BCUT2D eigenvalue weighted by molar-refractivity contribution is 7.22. The number of thiazole rings is 1. The van der Waals surface area contributed by atoms with Crippen LogP contribution in [-0.2, 0) is 0 Å². The molecule has 2 fully saturated rings. The van der Waals surface area contributed by atoms with Gasteiger partial charge < -0.3 is 4.90 Å². The molecule has 1 aromatic heterocycles. The number of anilines is 1. The van der Waals surface area contributed by atoms with E-state index in [9.17, 15) is 18.0 Å². The standard InChI is InChI=1S/C14H12F3N3OS/c15-9-2-1-3-10-11(9)18-12(22-10)19-13(21)20-5-4-7-8(6-20)14(7,16)17/h1-3,7-8H,4-6H2,(H,18,19,21). The van der Waals surface area contributed by atoms with E-state index in [0.29, 0.717) is 17.7 Å². The largest absolute Gasteiger partial charge is 0.324 e. The lowest BCUT2D eigenvalue weighted by atomic mass is 10.1. The van der Waals surface area contributed by atoms with Crippen molar-refractivity contribution in [3.63, 3.8) is 0 Å². The van der Waals surface area contributed by atoms with Gasteiger partial charge in [-0.3, -0.25) is 5.32 Å². The van der Waals surface area contributed by atoms with Gasteiger partial charge in [0.1, 0.15) is 11.3 Å². The zero-order valence-corrected chi connectivity index (χ0v) is 12.2. The van der Waals surface area contributed by atoms with Crippen molar-refractivity contribution in [3.05, 3.63) is 24.0 Å². The summed E-state index contributed by atoms with van der Waals surface area (Å²) < 4.78 is 40.9. The molecule has 0 spiro atoms. The van der Waals surface area contributed by atoms with E-state index in [2.05, 4.69) is 10.3 Å². The van der Waals surface area contributed by atoms with Gasteiger partial charge in [0, 0.05) is 24.9 Å². The number of amides is 2. The molecule has 2 unspecified atom stereocenters. The Hall–Kier alpha value is -1.83. The molecule has 2 atom stereocenters. The van der Waals surface area contributed by atoms with Crippen LogP contribution in [0.1, 0.15) is 6.42 Å². The molecular weight excluding hydrogens is 315 g/mol. The first kappa shape index (κ1) is 13.8. The molecule has 116 valence electrons. The van der Waals surface area contributed by atoms with Crippen molar-refractivity contribution in [3.8, 4) is 0 Å². The Bertz CT molecular complexity index is 763. The van der Waals surface area contributed by atoms with Crippen molar-refractivity contribution in [1.29, 1.82) is 0 Å². The molecule has 4 nitrogen and oxygen atoms in total. The van der Waals surface area contributed by atoms with Gasteiger partial charge in [0.2, 0.25) is 0 Å². The van der Waals surface area contributed by atoms with Crippen LogP contribution >= 0.6 is 11.3 Å². The fraction of sp³-hybridized carbons (Fsp3) is 0.429. The molecule has 1 saturated carbocycles. The highest BCUT2D eigenvalue weighted by Gasteiger charge is 2.69. The van der Waals surface area contributed by atoms with Crippen molar-refractivity contribution >= 4 is 32.7 Å². The van der Waals surface area contributed by atoms with Crippen LogP contribution < -0.4 is 5.32 Å². The van der Waals surface area contributed by atoms with E-state index < -0.39 is 29.6 Å². The van der Waals surface area contributed by atoms with Crippen LogP contribution in [0.2, 0.25) is 0 Å². The van der Waals surface area contributed by atoms with Crippen molar-refractivity contribution in [1.82, 2.24) is 9.88 Å². The van der Waals surface area contributed by atoms with Gasteiger partial charge in [0.25, 0.3) is 5.92 Å². The summed E-state index contributed by atoms with van der Waals surface area (Å²) in [5.41, 5.74) is 0.204. The van der Waals surface area contributed by atoms with Gasteiger partial charge in [0.15, 0.2) is 5.13 Å². The molecule has 4 rings (SSSR count). The number of hydrogen-bond donors (Lipinski definition) is 1. The lowest BCUT2D eigenvalue weighted by Gasteiger charge is -2.24. The lowest BCUT2D eigenvalue weighted by Crippen LogP contribution is -2.39. The summed E-state index contributed by atoms with van der Waals surface area (Å²) in [7, 11) is 0. The third-order valence-corrected chi connectivity index (χ3v) is 5.30. The van der Waals surface area contributed by atoms with E-state index in [4.69, 9.17) is 0 Å². The number of piperidine rings is 1. The minimum atomic E-state index is -2.63. The Kier molecular flexibility index (Phi) is 2.87. The van der Waals surface area contributed by atoms with E-state index in [-0.39, 0.29) is 17.2 Å². The van der Waals surface area contributed by atoms with Crippen LogP contribution in [0.3, 0.4) is 0 Å².